The van der Waals surface area contributed by atoms with Gasteiger partial charge in [-0.25, -0.2) is 4.98 Å². The van der Waals surface area contributed by atoms with Gasteiger partial charge in [0.25, 0.3) is 0 Å². The number of anilines is 1. The number of nitrogens with one attached hydrogen (secondary N) is 1. The summed E-state index contributed by atoms with van der Waals surface area (Å²) in [5.41, 5.74) is 4.95. The summed E-state index contributed by atoms with van der Waals surface area (Å²) in [4.78, 5) is 15.9. The van der Waals surface area contributed by atoms with Crippen LogP contribution in [0.15, 0.2) is 0 Å². The Bertz CT molecular complexity index is 404. The van der Waals surface area contributed by atoms with E-state index in [1.807, 2.05) is 0 Å². The van der Waals surface area contributed by atoms with Gasteiger partial charge in [-0.05, 0) is 0 Å². The molecule has 6 nitrogen and oxygen atoms in total. The monoisotopic (exact) mass is 220 g/mol. The van der Waals surface area contributed by atoms with E-state index >= 15 is 0 Å². The molecule has 1 heterocycles. The molecule has 0 fully saturated rings. The number of nitrogens with zero attached hydrogens (tertiary/aromatic N) is 2. The molecule has 0 unspecified atom stereocenters. The van der Waals surface area contributed by atoms with Crippen molar-refractivity contribution in [3.8, 4) is 0 Å². The Morgan fingerprint density at radius 1 is 1.77 bits per heavy atom. The van der Waals surface area contributed by atoms with Crippen molar-refractivity contribution in [2.75, 3.05) is 5.73 Å². The largest absolute Gasteiger partial charge is 0.379 e. The van der Waals surface area contributed by atoms with Crippen LogP contribution in [0.3, 0.4) is 0 Å². The number of aromatic nitrogens is 2. The molecule has 0 spiro atoms. The van der Waals surface area contributed by atoms with Gasteiger partial charge in [-0.2, -0.15) is 0 Å². The number of halogens is 1. The highest BCUT2D eigenvalue weighted by atomic mass is 35.5. The van der Waals surface area contributed by atoms with Gasteiger partial charge in [-0.3, -0.25) is 10.1 Å². The Morgan fingerprint density at radius 3 is 2.77 bits per heavy atom. The molecule has 0 saturated carbocycles. The van der Waals surface area contributed by atoms with Crippen molar-refractivity contribution in [1.82, 2.24) is 9.97 Å². The fourth-order valence-corrected chi connectivity index (χ4v) is 1.19. The lowest BCUT2D eigenvalue weighted by Crippen LogP contribution is -2.04. The summed E-state index contributed by atoms with van der Waals surface area (Å²) in [6, 6.07) is 0. The van der Waals surface area contributed by atoms with Crippen molar-refractivity contribution < 1.29 is 4.92 Å². The molecular weight excluding hydrogens is 216 g/mol. The maximum absolute atomic E-state index is 10.4. The van der Waals surface area contributed by atoms with Crippen LogP contribution in [-0.2, 0) is 5.88 Å². The summed E-state index contributed by atoms with van der Waals surface area (Å²) in [5, 5.41) is 10.4. The smallest absolute Gasteiger partial charge is 0.345 e. The lowest BCUT2D eigenvalue weighted by atomic mass is 10.5. The third kappa shape index (κ3) is 1.93. The first-order chi connectivity index (χ1) is 6.06. The predicted octanol–water partition coefficient (Wildman–Crippen LogP) is 1.37. The Morgan fingerprint density at radius 2 is 2.38 bits per heavy atom. The zero-order valence-electron chi connectivity index (χ0n) is 6.28. The van der Waals surface area contributed by atoms with Crippen molar-refractivity contribution in [3.05, 3.63) is 20.6 Å². The van der Waals surface area contributed by atoms with Gasteiger partial charge in [0, 0.05) is 0 Å². The number of nitrogen functional groups attached to an aromatic ring is 1. The van der Waals surface area contributed by atoms with Crippen LogP contribution in [0.2, 0.25) is 0 Å². The van der Waals surface area contributed by atoms with Crippen LogP contribution in [-0.4, -0.2) is 14.9 Å². The topological polar surface area (TPSA) is 97.8 Å². The summed E-state index contributed by atoms with van der Waals surface area (Å²) >= 11 is 10.1. The van der Waals surface area contributed by atoms with Crippen LogP contribution >= 0.6 is 23.8 Å². The number of hydrogen-bond acceptors (Lipinski definition) is 5. The number of rotatable bonds is 2. The second-order valence-electron chi connectivity index (χ2n) is 2.14. The van der Waals surface area contributed by atoms with Gasteiger partial charge in [0.2, 0.25) is 4.64 Å². The van der Waals surface area contributed by atoms with Gasteiger partial charge in [0.15, 0.2) is 5.82 Å². The molecule has 0 amide bonds. The van der Waals surface area contributed by atoms with Crippen molar-refractivity contribution in [2.24, 2.45) is 0 Å². The number of hydrogen-bond donors (Lipinski definition) is 2. The van der Waals surface area contributed by atoms with Gasteiger partial charge in [-0.15, -0.1) is 11.6 Å². The molecule has 0 aliphatic carbocycles. The summed E-state index contributed by atoms with van der Waals surface area (Å²) in [6.07, 6.45) is 0. The Kier molecular flexibility index (Phi) is 2.79. The average molecular weight is 221 g/mol. The first-order valence-corrected chi connectivity index (χ1v) is 4.09. The standard InChI is InChI=1S/C5H5ClN4O2S/c6-1-2-8-4(7)3(10(11)12)5(13)9-2/h1H2,(H3,7,8,9,13). The molecule has 0 aliphatic heterocycles. The molecule has 0 atom stereocenters. The number of nitrogens with two attached hydrogens (primary N) is 1. The number of H-pyrrole nitrogens is 1. The second kappa shape index (κ2) is 3.67. The zero-order chi connectivity index (χ0) is 10.0. The van der Waals surface area contributed by atoms with Crippen LogP contribution in [0.5, 0.6) is 0 Å². The van der Waals surface area contributed by atoms with Crippen molar-refractivity contribution in [3.63, 3.8) is 0 Å². The number of aromatic amines is 1. The Labute approximate surface area is 82.9 Å². The van der Waals surface area contributed by atoms with E-state index < -0.39 is 4.92 Å². The maximum atomic E-state index is 10.4. The number of nitro groups is 1. The summed E-state index contributed by atoms with van der Waals surface area (Å²) in [6.45, 7) is 0. The molecule has 0 bridgehead atoms. The van der Waals surface area contributed by atoms with Gasteiger partial charge < -0.3 is 10.7 Å². The third-order valence-corrected chi connectivity index (χ3v) is 1.82. The van der Waals surface area contributed by atoms with E-state index in [-0.39, 0.29) is 22.0 Å². The first-order valence-electron chi connectivity index (χ1n) is 3.15. The fraction of sp³-hybridized carbons (Fsp3) is 0.200. The third-order valence-electron chi connectivity index (χ3n) is 1.28. The lowest BCUT2D eigenvalue weighted by Gasteiger charge is -1.99. The van der Waals surface area contributed by atoms with Gasteiger partial charge >= 0.3 is 5.69 Å². The molecule has 1 aromatic heterocycles. The molecular formula is C5H5ClN4O2S. The molecule has 13 heavy (non-hydrogen) atoms. The molecule has 8 heteroatoms. The Balaban J connectivity index is 3.40. The summed E-state index contributed by atoms with van der Waals surface area (Å²) in [7, 11) is 0. The van der Waals surface area contributed by atoms with E-state index in [1.54, 1.807) is 0 Å². The van der Waals surface area contributed by atoms with E-state index in [1.165, 1.54) is 0 Å². The van der Waals surface area contributed by atoms with E-state index in [0.717, 1.165) is 0 Å². The second-order valence-corrected chi connectivity index (χ2v) is 2.80. The van der Waals surface area contributed by atoms with E-state index in [2.05, 4.69) is 22.2 Å². The minimum Gasteiger partial charge on any atom is -0.379 e. The molecule has 70 valence electrons. The van der Waals surface area contributed by atoms with E-state index in [0.29, 0.717) is 5.82 Å². The highest BCUT2D eigenvalue weighted by molar-refractivity contribution is 7.71. The van der Waals surface area contributed by atoms with Crippen LogP contribution < -0.4 is 5.73 Å². The maximum Gasteiger partial charge on any atom is 0.345 e. The number of alkyl halides is 1. The molecule has 0 radical (unpaired) electrons. The summed E-state index contributed by atoms with van der Waals surface area (Å²) in [5.74, 6) is 0.265. The molecule has 0 saturated heterocycles. The lowest BCUT2D eigenvalue weighted by molar-refractivity contribution is -0.385. The van der Waals surface area contributed by atoms with Crippen molar-refractivity contribution >= 4 is 35.3 Å². The molecule has 1 rings (SSSR count). The van der Waals surface area contributed by atoms with Crippen molar-refractivity contribution in [2.45, 2.75) is 5.88 Å². The Hall–Kier alpha value is -1.21. The first kappa shape index (κ1) is 9.87. The van der Waals surface area contributed by atoms with Gasteiger partial charge in [-0.1, -0.05) is 12.2 Å². The van der Waals surface area contributed by atoms with Crippen LogP contribution in [0.4, 0.5) is 11.5 Å². The fourth-order valence-electron chi connectivity index (χ4n) is 0.773. The molecule has 0 aromatic carbocycles. The minimum atomic E-state index is -0.681. The quantitative estimate of drug-likeness (QED) is 0.340. The van der Waals surface area contributed by atoms with E-state index in [9.17, 15) is 10.1 Å². The SMILES string of the molecule is Nc1[nH]c(CCl)nc(=S)c1[N+](=O)[O-]. The average Bonchev–Trinajstić information content (AvgIpc) is 2.02. The summed E-state index contributed by atoms with van der Waals surface area (Å²) < 4.78 is -0.156. The predicted molar refractivity (Wildman–Crippen MR) is 50.0 cm³/mol. The van der Waals surface area contributed by atoms with Gasteiger partial charge in [0.1, 0.15) is 5.82 Å². The highest BCUT2D eigenvalue weighted by Gasteiger charge is 2.16. The van der Waals surface area contributed by atoms with Crippen LogP contribution in [0, 0.1) is 14.8 Å². The normalized spacial score (nSPS) is 9.92. The molecule has 1 aromatic rings. The van der Waals surface area contributed by atoms with Gasteiger partial charge in [0.05, 0.1) is 10.8 Å². The molecule has 3 N–H and O–H groups in total. The molecule has 0 aliphatic rings. The van der Waals surface area contributed by atoms with Crippen molar-refractivity contribution in [1.29, 1.82) is 0 Å². The van der Waals surface area contributed by atoms with Crippen LogP contribution in [0.25, 0.3) is 0 Å². The highest BCUT2D eigenvalue weighted by Crippen LogP contribution is 2.19. The minimum absolute atomic E-state index is 0.0752. The van der Waals surface area contributed by atoms with Crippen LogP contribution in [0.1, 0.15) is 5.82 Å². The van der Waals surface area contributed by atoms with E-state index in [4.69, 9.17) is 17.3 Å². The zero-order valence-corrected chi connectivity index (χ0v) is 7.85.